The number of rotatable bonds is 4. The number of hydrogen-bond donors (Lipinski definition) is 0. The SMILES string of the molecule is COCC1CN(C(C)=O)CC12CCN(Cc1nccs1)CC2. The number of aromatic nitrogens is 1. The van der Waals surface area contributed by atoms with Crippen LogP contribution in [0, 0.1) is 11.3 Å². The summed E-state index contributed by atoms with van der Waals surface area (Å²) in [6, 6.07) is 0. The summed E-state index contributed by atoms with van der Waals surface area (Å²) < 4.78 is 5.43. The van der Waals surface area contributed by atoms with Crippen LogP contribution in [0.3, 0.4) is 0 Å². The first-order valence-corrected chi connectivity index (χ1v) is 8.86. The minimum absolute atomic E-state index is 0.197. The number of piperidine rings is 1. The number of ether oxygens (including phenoxy) is 1. The second-order valence-corrected chi connectivity index (χ2v) is 7.60. The number of nitrogens with zero attached hydrogens (tertiary/aromatic N) is 3. The fourth-order valence-corrected chi connectivity index (χ4v) is 4.61. The van der Waals surface area contributed by atoms with Gasteiger partial charge in [0.15, 0.2) is 0 Å². The number of carbonyl (C=O) groups is 1. The van der Waals surface area contributed by atoms with E-state index in [1.807, 2.05) is 16.5 Å². The van der Waals surface area contributed by atoms with Crippen molar-refractivity contribution in [1.29, 1.82) is 0 Å². The average molecular weight is 323 g/mol. The molecule has 122 valence electrons. The second-order valence-electron chi connectivity index (χ2n) is 6.62. The minimum Gasteiger partial charge on any atom is -0.384 e. The second kappa shape index (κ2) is 6.64. The van der Waals surface area contributed by atoms with Gasteiger partial charge in [0.1, 0.15) is 5.01 Å². The molecule has 5 nitrogen and oxygen atoms in total. The molecule has 0 saturated carbocycles. The molecular weight excluding hydrogens is 298 g/mol. The van der Waals surface area contributed by atoms with Gasteiger partial charge in [-0.05, 0) is 31.3 Å². The maximum absolute atomic E-state index is 11.8. The number of carbonyl (C=O) groups excluding carboxylic acids is 1. The molecular formula is C16H25N3O2S. The quantitative estimate of drug-likeness (QED) is 0.848. The number of methoxy groups -OCH3 is 1. The van der Waals surface area contributed by atoms with Crippen LogP contribution in [0.1, 0.15) is 24.8 Å². The number of amides is 1. The van der Waals surface area contributed by atoms with E-state index in [4.69, 9.17) is 4.74 Å². The van der Waals surface area contributed by atoms with Crippen LogP contribution in [0.15, 0.2) is 11.6 Å². The molecule has 0 radical (unpaired) electrons. The van der Waals surface area contributed by atoms with Crippen molar-refractivity contribution in [3.05, 3.63) is 16.6 Å². The summed E-state index contributed by atoms with van der Waals surface area (Å²) in [7, 11) is 1.77. The van der Waals surface area contributed by atoms with E-state index in [0.717, 1.165) is 52.2 Å². The summed E-state index contributed by atoms with van der Waals surface area (Å²) in [6.07, 6.45) is 4.17. The zero-order chi connectivity index (χ0) is 15.6. The normalized spacial score (nSPS) is 25.0. The maximum Gasteiger partial charge on any atom is 0.219 e. The lowest BCUT2D eigenvalue weighted by molar-refractivity contribution is -0.128. The Bertz CT molecular complexity index is 497. The van der Waals surface area contributed by atoms with Gasteiger partial charge in [-0.15, -0.1) is 11.3 Å². The fraction of sp³-hybridized carbons (Fsp3) is 0.750. The van der Waals surface area contributed by atoms with E-state index in [1.165, 1.54) is 5.01 Å². The minimum atomic E-state index is 0.197. The third-order valence-electron chi connectivity index (χ3n) is 5.32. The molecule has 0 N–H and O–H groups in total. The first-order chi connectivity index (χ1) is 10.6. The molecule has 1 unspecified atom stereocenters. The van der Waals surface area contributed by atoms with Crippen molar-refractivity contribution in [2.75, 3.05) is 39.9 Å². The van der Waals surface area contributed by atoms with Crippen molar-refractivity contribution in [3.8, 4) is 0 Å². The molecule has 1 aromatic heterocycles. The highest BCUT2D eigenvalue weighted by Crippen LogP contribution is 2.45. The monoisotopic (exact) mass is 323 g/mol. The predicted octanol–water partition coefficient (Wildman–Crippen LogP) is 1.85. The molecule has 2 aliphatic rings. The van der Waals surface area contributed by atoms with Gasteiger partial charge in [-0.1, -0.05) is 0 Å². The van der Waals surface area contributed by atoms with E-state index in [-0.39, 0.29) is 11.3 Å². The smallest absolute Gasteiger partial charge is 0.219 e. The van der Waals surface area contributed by atoms with E-state index in [9.17, 15) is 4.79 Å². The van der Waals surface area contributed by atoms with Crippen molar-refractivity contribution in [2.24, 2.45) is 11.3 Å². The molecule has 1 aromatic rings. The lowest BCUT2D eigenvalue weighted by Crippen LogP contribution is -2.45. The maximum atomic E-state index is 11.8. The van der Waals surface area contributed by atoms with Gasteiger partial charge in [0.25, 0.3) is 0 Å². The highest BCUT2D eigenvalue weighted by Gasteiger charge is 2.48. The average Bonchev–Trinajstić information content (AvgIpc) is 3.11. The van der Waals surface area contributed by atoms with Gasteiger partial charge >= 0.3 is 0 Å². The first kappa shape index (κ1) is 15.9. The largest absolute Gasteiger partial charge is 0.384 e. The Morgan fingerprint density at radius 2 is 2.27 bits per heavy atom. The van der Waals surface area contributed by atoms with Gasteiger partial charge in [-0.3, -0.25) is 9.69 Å². The molecule has 1 atom stereocenters. The van der Waals surface area contributed by atoms with E-state index in [2.05, 4.69) is 9.88 Å². The van der Waals surface area contributed by atoms with E-state index in [1.54, 1.807) is 25.4 Å². The number of thiazole rings is 1. The van der Waals surface area contributed by atoms with Crippen LogP contribution in [-0.2, 0) is 16.1 Å². The molecule has 2 fully saturated rings. The molecule has 6 heteroatoms. The predicted molar refractivity (Wildman–Crippen MR) is 86.7 cm³/mol. The van der Waals surface area contributed by atoms with E-state index in [0.29, 0.717) is 5.92 Å². The molecule has 0 aliphatic carbocycles. The molecule has 3 heterocycles. The first-order valence-electron chi connectivity index (χ1n) is 7.98. The topological polar surface area (TPSA) is 45.7 Å². The van der Waals surface area contributed by atoms with Crippen LogP contribution < -0.4 is 0 Å². The Kier molecular flexibility index (Phi) is 4.80. The fourth-order valence-electron chi connectivity index (χ4n) is 3.95. The summed E-state index contributed by atoms with van der Waals surface area (Å²) in [5.41, 5.74) is 0.251. The van der Waals surface area contributed by atoms with Gasteiger partial charge in [0.2, 0.25) is 5.91 Å². The molecule has 1 amide bonds. The zero-order valence-corrected chi connectivity index (χ0v) is 14.3. The molecule has 0 bridgehead atoms. The van der Waals surface area contributed by atoms with Crippen molar-refractivity contribution < 1.29 is 9.53 Å². The van der Waals surface area contributed by atoms with Crippen LogP contribution >= 0.6 is 11.3 Å². The highest BCUT2D eigenvalue weighted by molar-refractivity contribution is 7.09. The number of hydrogen-bond acceptors (Lipinski definition) is 5. The molecule has 22 heavy (non-hydrogen) atoms. The van der Waals surface area contributed by atoms with Crippen molar-refractivity contribution in [1.82, 2.24) is 14.8 Å². The standard InChI is InChI=1S/C16H25N3O2S/c1-13(20)19-9-14(11-21-2)16(12-19)3-6-18(7-4-16)10-15-17-5-8-22-15/h5,8,14H,3-4,6-7,9-12H2,1-2H3. The van der Waals surface area contributed by atoms with E-state index >= 15 is 0 Å². The van der Waals surface area contributed by atoms with Gasteiger partial charge in [0, 0.05) is 44.6 Å². The van der Waals surface area contributed by atoms with Crippen molar-refractivity contribution in [3.63, 3.8) is 0 Å². The molecule has 2 aliphatic heterocycles. The third-order valence-corrected chi connectivity index (χ3v) is 6.08. The highest BCUT2D eigenvalue weighted by atomic mass is 32.1. The molecule has 0 aromatic carbocycles. The third kappa shape index (κ3) is 3.19. The lowest BCUT2D eigenvalue weighted by Gasteiger charge is -2.42. The summed E-state index contributed by atoms with van der Waals surface area (Å²) in [5, 5.41) is 3.23. The molecule has 2 saturated heterocycles. The van der Waals surface area contributed by atoms with Gasteiger partial charge in [0.05, 0.1) is 13.2 Å². The Balaban J connectivity index is 1.63. The Morgan fingerprint density at radius 3 is 2.86 bits per heavy atom. The van der Waals surface area contributed by atoms with Crippen LogP contribution in [-0.4, -0.2) is 60.6 Å². The summed E-state index contributed by atoms with van der Waals surface area (Å²) in [5.74, 6) is 0.673. The van der Waals surface area contributed by atoms with Crippen molar-refractivity contribution >= 4 is 17.2 Å². The number of likely N-dealkylation sites (tertiary alicyclic amines) is 2. The van der Waals surface area contributed by atoms with Gasteiger partial charge in [-0.2, -0.15) is 0 Å². The Hall–Kier alpha value is -0.980. The summed E-state index contributed by atoms with van der Waals surface area (Å²) in [6.45, 7) is 7.34. The molecule has 3 rings (SSSR count). The van der Waals surface area contributed by atoms with Crippen molar-refractivity contribution in [2.45, 2.75) is 26.3 Å². The van der Waals surface area contributed by atoms with Crippen LogP contribution in [0.2, 0.25) is 0 Å². The summed E-state index contributed by atoms with van der Waals surface area (Å²) >= 11 is 1.73. The van der Waals surface area contributed by atoms with Gasteiger partial charge in [-0.25, -0.2) is 4.98 Å². The lowest BCUT2D eigenvalue weighted by atomic mass is 9.71. The summed E-state index contributed by atoms with van der Waals surface area (Å²) in [4.78, 5) is 20.7. The van der Waals surface area contributed by atoms with E-state index < -0.39 is 0 Å². The zero-order valence-electron chi connectivity index (χ0n) is 13.5. The Labute approximate surface area is 136 Å². The Morgan fingerprint density at radius 1 is 1.50 bits per heavy atom. The molecule has 1 spiro atoms. The van der Waals surface area contributed by atoms with Gasteiger partial charge < -0.3 is 9.64 Å². The van der Waals surface area contributed by atoms with Crippen LogP contribution in [0.4, 0.5) is 0 Å². The van der Waals surface area contributed by atoms with Crippen LogP contribution in [0.5, 0.6) is 0 Å². The van der Waals surface area contributed by atoms with Crippen LogP contribution in [0.25, 0.3) is 0 Å².